The van der Waals surface area contributed by atoms with Gasteiger partial charge >= 0.3 is 19.5 Å². The van der Waals surface area contributed by atoms with Gasteiger partial charge in [-0.15, -0.1) is 0 Å². The van der Waals surface area contributed by atoms with Crippen molar-refractivity contribution >= 4 is 76.5 Å². The van der Waals surface area contributed by atoms with Crippen molar-refractivity contribution in [2.75, 3.05) is 24.6 Å². The Bertz CT molecular complexity index is 3280. The fraction of sp³-hybridized carbons (Fsp3) is 0.340. The van der Waals surface area contributed by atoms with Crippen molar-refractivity contribution in [1.29, 1.82) is 0 Å². The molecule has 19 nitrogen and oxygen atoms in total. The molecule has 6 atom stereocenters. The molecule has 4 aliphatic rings. The first-order valence-corrected chi connectivity index (χ1v) is 26.2. The Balaban J connectivity index is 0.953. The minimum atomic E-state index is -4.60. The smallest absolute Gasteiger partial charge is 0.355 e. The van der Waals surface area contributed by atoms with Gasteiger partial charge in [-0.3, -0.25) is 38.3 Å². The fourth-order valence-electron chi connectivity index (χ4n) is 10.1. The number of ether oxygens (including phenoxy) is 1. The van der Waals surface area contributed by atoms with Gasteiger partial charge in [-0.05, 0) is 123 Å². The quantitative estimate of drug-likeness (QED) is 0.0616. The van der Waals surface area contributed by atoms with E-state index < -0.39 is 84.7 Å². The summed E-state index contributed by atoms with van der Waals surface area (Å²) in [4.78, 5) is 109. The summed E-state index contributed by atoms with van der Waals surface area (Å²) in [5.41, 5.74) is -0.0141. The van der Waals surface area contributed by atoms with Gasteiger partial charge in [0.05, 0.1) is 30.4 Å². The number of alkyl halides is 1. The highest BCUT2D eigenvalue weighted by molar-refractivity contribution is 7.57. The molecular weight excluding hydrogens is 975 g/mol. The van der Waals surface area contributed by atoms with Crippen LogP contribution in [0.1, 0.15) is 90.3 Å². The molecule has 1 unspecified atom stereocenters. The molecule has 1 aliphatic carbocycles. The molecule has 0 bridgehead atoms. The van der Waals surface area contributed by atoms with E-state index in [1.807, 2.05) is 19.9 Å². The molecule has 3 aliphatic heterocycles. The van der Waals surface area contributed by atoms with Crippen LogP contribution in [0.25, 0.3) is 21.7 Å². The number of aryl methyl sites for hydroxylation is 1. The van der Waals surface area contributed by atoms with Gasteiger partial charge in [0.1, 0.15) is 29.4 Å². The molecule has 1 saturated carbocycles. The number of nitrogens with one attached hydrogen (secondary N) is 2. The van der Waals surface area contributed by atoms with Gasteiger partial charge in [-0.1, -0.05) is 60.1 Å². The number of carbonyl (C=O) groups excluding carboxylic acids is 7. The number of esters is 1. The van der Waals surface area contributed by atoms with Crippen molar-refractivity contribution in [3.63, 3.8) is 0 Å². The normalized spacial score (nSPS) is 21.0. The Morgan fingerprint density at radius 2 is 1.72 bits per heavy atom. The van der Waals surface area contributed by atoms with Crippen molar-refractivity contribution in [2.45, 2.75) is 94.9 Å². The highest BCUT2D eigenvalue weighted by Crippen LogP contribution is 2.58. The molecule has 4 aromatic carbocycles. The van der Waals surface area contributed by atoms with E-state index in [2.05, 4.69) is 20.5 Å². The Morgan fingerprint density at radius 3 is 2.46 bits per heavy atom. The summed E-state index contributed by atoms with van der Waals surface area (Å²) in [7, 11) is -4.60. The fourth-order valence-corrected chi connectivity index (χ4v) is 12.0. The monoisotopic (exact) mass is 1030 g/mol. The van der Waals surface area contributed by atoms with E-state index in [9.17, 15) is 33.3 Å². The molecular formula is C53H52FN8O11P. The van der Waals surface area contributed by atoms with E-state index in [4.69, 9.17) is 13.8 Å². The first-order chi connectivity index (χ1) is 35.6. The van der Waals surface area contributed by atoms with Crippen LogP contribution in [-0.4, -0.2) is 116 Å². The minimum Gasteiger partial charge on any atom is -0.465 e. The number of aromatic nitrogens is 2. The van der Waals surface area contributed by atoms with Crippen LogP contribution in [0, 0.1) is 6.92 Å². The lowest BCUT2D eigenvalue weighted by Gasteiger charge is -2.39. The first kappa shape index (κ1) is 49.7. The van der Waals surface area contributed by atoms with E-state index in [-0.39, 0.29) is 73.6 Å². The molecule has 6 aromatic rings. The molecule has 5 heterocycles. The number of halogens is 1. The number of para-hydroxylation sites is 1. The molecule has 4 fully saturated rings. The first-order valence-electron chi connectivity index (χ1n) is 24.5. The van der Waals surface area contributed by atoms with Gasteiger partial charge < -0.3 is 28.9 Å². The number of rotatable bonds is 14. The number of hydrogen-bond acceptors (Lipinski definition) is 13. The molecule has 3 saturated heterocycles. The van der Waals surface area contributed by atoms with Crippen molar-refractivity contribution in [3.8, 4) is 5.75 Å². The Hall–Kier alpha value is -7.83. The molecule has 2 N–H and O–H groups in total. The molecule has 2 aromatic heterocycles. The van der Waals surface area contributed by atoms with Crippen molar-refractivity contribution in [3.05, 3.63) is 132 Å². The highest BCUT2D eigenvalue weighted by atomic mass is 31.2. The van der Waals surface area contributed by atoms with E-state index in [0.29, 0.717) is 34.6 Å². The lowest BCUT2D eigenvalue weighted by molar-refractivity contribution is -0.147. The average molecular weight is 1030 g/mol. The van der Waals surface area contributed by atoms with Gasteiger partial charge in [-0.2, -0.15) is 0 Å². The number of fused-ring (bicyclic) bond motifs is 3. The second-order valence-corrected chi connectivity index (χ2v) is 21.2. The summed E-state index contributed by atoms with van der Waals surface area (Å²) in [5.74, 6) is -6.26. The Kier molecular flexibility index (Phi) is 13.4. The lowest BCUT2D eigenvalue weighted by Crippen LogP contribution is -2.62. The van der Waals surface area contributed by atoms with Gasteiger partial charge in [-0.25, -0.2) is 24.1 Å². The summed E-state index contributed by atoms with van der Waals surface area (Å²) in [6, 6.07) is 20.0. The summed E-state index contributed by atoms with van der Waals surface area (Å²) < 4.78 is 48.0. The molecule has 21 heteroatoms. The Morgan fingerprint density at radius 1 is 0.932 bits per heavy atom. The Labute approximate surface area is 423 Å². The molecule has 0 radical (unpaired) electrons. The van der Waals surface area contributed by atoms with Crippen LogP contribution < -0.4 is 19.8 Å². The van der Waals surface area contributed by atoms with E-state index in [1.54, 1.807) is 54.6 Å². The standard InChI is InChI=1S/C53H52FN8O11P/c1-4-25-71-50(67)32(3)58-74(70,73-39-10-6-5-7-11-39)45(54)34-15-13-33-14-16-35(28-36(33)27-34)46(63)56-41-30-59(49(66)44-40-26-31(2)12-19-43(40)72-57-44)24-20-37-17-18-42(60(37)47(41)64)48(65)62-52(69)61(38-9-8-23-55-29-38)51(68)53(62)21-22-53/h5-16,19,23,26-29,32,37,41-42,45H,4,17-18,20-22,24-25,30H2,1-3H3,(H,56,63)(H,58,70)/t32-,37+,41-,42-,45+,74?/m0/s1. The molecule has 382 valence electrons. The van der Waals surface area contributed by atoms with Crippen LogP contribution in [0.5, 0.6) is 5.75 Å². The maximum Gasteiger partial charge on any atom is 0.355 e. The van der Waals surface area contributed by atoms with E-state index in [0.717, 1.165) is 15.4 Å². The molecule has 7 amide bonds. The van der Waals surface area contributed by atoms with Crippen LogP contribution in [0.4, 0.5) is 14.9 Å². The second-order valence-electron chi connectivity index (χ2n) is 19.1. The predicted octanol–water partition coefficient (Wildman–Crippen LogP) is 7.39. The van der Waals surface area contributed by atoms with Crippen molar-refractivity contribution in [1.82, 2.24) is 35.2 Å². The summed E-state index contributed by atoms with van der Waals surface area (Å²) in [6.07, 6.45) is 4.59. The zero-order valence-corrected chi connectivity index (χ0v) is 41.5. The second kappa shape index (κ2) is 19.9. The van der Waals surface area contributed by atoms with E-state index >= 15 is 9.18 Å². The highest BCUT2D eigenvalue weighted by Gasteiger charge is 2.68. The third kappa shape index (κ3) is 9.16. The number of amides is 7. The maximum atomic E-state index is 16.9. The number of imide groups is 2. The maximum absolute atomic E-state index is 16.9. The van der Waals surface area contributed by atoms with Crippen LogP contribution in [0.15, 0.2) is 114 Å². The zero-order chi connectivity index (χ0) is 52.1. The van der Waals surface area contributed by atoms with Crippen molar-refractivity contribution in [2.24, 2.45) is 0 Å². The van der Waals surface area contributed by atoms with Gasteiger partial charge in [0.2, 0.25) is 11.8 Å². The third-order valence-corrected chi connectivity index (χ3v) is 16.1. The van der Waals surface area contributed by atoms with Crippen LogP contribution in [-0.2, 0) is 28.5 Å². The van der Waals surface area contributed by atoms with Crippen LogP contribution >= 0.6 is 7.52 Å². The predicted molar refractivity (Wildman–Crippen MR) is 266 cm³/mol. The molecule has 10 rings (SSSR count). The number of benzene rings is 4. The number of hydrogen-bond donors (Lipinski definition) is 2. The minimum absolute atomic E-state index is 0.0135. The van der Waals surface area contributed by atoms with Crippen LogP contribution in [0.2, 0.25) is 0 Å². The lowest BCUT2D eigenvalue weighted by atomic mass is 10.0. The topological polar surface area (TPSA) is 231 Å². The number of nitrogens with zero attached hydrogens (tertiary/aromatic N) is 6. The summed E-state index contributed by atoms with van der Waals surface area (Å²) >= 11 is 0. The van der Waals surface area contributed by atoms with Crippen molar-refractivity contribution < 1.29 is 56.3 Å². The van der Waals surface area contributed by atoms with E-state index in [1.165, 1.54) is 65.5 Å². The van der Waals surface area contributed by atoms with Gasteiger partial charge in [0, 0.05) is 24.3 Å². The zero-order valence-electron chi connectivity index (χ0n) is 40.6. The number of anilines is 1. The van der Waals surface area contributed by atoms with Gasteiger partial charge in [0.15, 0.2) is 11.3 Å². The van der Waals surface area contributed by atoms with Gasteiger partial charge in [0.25, 0.3) is 23.6 Å². The van der Waals surface area contributed by atoms with Crippen LogP contribution in [0.3, 0.4) is 0 Å². The summed E-state index contributed by atoms with van der Waals surface area (Å²) in [6.45, 7) is 4.89. The summed E-state index contributed by atoms with van der Waals surface area (Å²) in [5, 5.41) is 10.9. The average Bonchev–Trinajstić information content (AvgIpc) is 3.84. The largest absolute Gasteiger partial charge is 0.465 e. The molecule has 1 spiro atoms. The SMILES string of the molecule is CCCOC(=O)[C@H](C)NP(=O)(Oc1ccccc1)[C@@H](F)c1ccc2ccc(C(=O)N[C@H]3CN(C(=O)c4noc5ccc(C)cc45)CC[C@H]4CC[C@@H](C(=O)N5C(=O)N(c6cccnc6)C(=O)C56CC6)N4C3=O)cc2c1. The number of urea groups is 1. The number of pyridine rings is 1. The number of carbonyl (C=O) groups is 7. The molecule has 74 heavy (non-hydrogen) atoms. The third-order valence-electron chi connectivity index (χ3n) is 14.0.